The molecule has 14 heavy (non-hydrogen) atoms. The number of rotatable bonds is 2. The molecule has 0 aliphatic heterocycles. The average molecular weight is 211 g/mol. The van der Waals surface area contributed by atoms with Crippen molar-refractivity contribution in [3.8, 4) is 0 Å². The van der Waals surface area contributed by atoms with Crippen LogP contribution in [0.2, 0.25) is 0 Å². The Balaban J connectivity index is 3.15. The summed E-state index contributed by atoms with van der Waals surface area (Å²) in [4.78, 5) is 0. The lowest BCUT2D eigenvalue weighted by Gasteiger charge is -2.03. The van der Waals surface area contributed by atoms with Gasteiger partial charge in [0.2, 0.25) is 10.0 Å². The normalized spacial score (nSPS) is 12.2. The van der Waals surface area contributed by atoms with Gasteiger partial charge >= 0.3 is 0 Å². The highest BCUT2D eigenvalue weighted by molar-refractivity contribution is 7.92. The molecule has 1 rings (SSSR count). The van der Waals surface area contributed by atoms with Crippen LogP contribution in [0.5, 0.6) is 0 Å². The summed E-state index contributed by atoms with van der Waals surface area (Å²) in [6.07, 6.45) is 1.53. The molecular weight excluding hydrogens is 198 g/mol. The van der Waals surface area contributed by atoms with E-state index in [1.807, 2.05) is 32.0 Å². The number of hydrogen-bond donors (Lipinski definition) is 1. The topological polar surface area (TPSA) is 60.2 Å². The van der Waals surface area contributed by atoms with Gasteiger partial charge in [0, 0.05) is 5.41 Å². The molecule has 0 atom stereocenters. The molecule has 0 saturated heterocycles. The standard InChI is InChI=1S/C10H13NO2S/c1-8-4-3-5-9(2)10(8)6-7-14(11,12)13/h3-7H,1-2H3,(H2,11,12,13)/b7-6+. The van der Waals surface area contributed by atoms with Crippen molar-refractivity contribution >= 4 is 16.1 Å². The van der Waals surface area contributed by atoms with Crippen molar-refractivity contribution < 1.29 is 8.42 Å². The van der Waals surface area contributed by atoms with Gasteiger partial charge in [0.05, 0.1) is 0 Å². The zero-order valence-electron chi connectivity index (χ0n) is 8.19. The van der Waals surface area contributed by atoms with E-state index in [2.05, 4.69) is 0 Å². The molecule has 0 radical (unpaired) electrons. The maximum Gasteiger partial charge on any atom is 0.231 e. The Hall–Kier alpha value is -1.13. The lowest BCUT2D eigenvalue weighted by atomic mass is 10.0. The van der Waals surface area contributed by atoms with Crippen LogP contribution < -0.4 is 5.14 Å². The summed E-state index contributed by atoms with van der Waals surface area (Å²) in [7, 11) is -3.54. The lowest BCUT2D eigenvalue weighted by Crippen LogP contribution is -2.06. The van der Waals surface area contributed by atoms with E-state index >= 15 is 0 Å². The van der Waals surface area contributed by atoms with Crippen LogP contribution in [-0.2, 0) is 10.0 Å². The molecule has 4 heteroatoms. The molecule has 0 amide bonds. The molecule has 3 nitrogen and oxygen atoms in total. The first-order valence-corrected chi connectivity index (χ1v) is 5.78. The van der Waals surface area contributed by atoms with Gasteiger partial charge in [0.15, 0.2) is 0 Å². The van der Waals surface area contributed by atoms with Crippen LogP contribution in [-0.4, -0.2) is 8.42 Å². The molecule has 0 aliphatic carbocycles. The Bertz CT molecular complexity index is 441. The Kier molecular flexibility index (Phi) is 3.08. The second-order valence-electron chi connectivity index (χ2n) is 3.20. The van der Waals surface area contributed by atoms with Crippen LogP contribution in [0.15, 0.2) is 23.6 Å². The van der Waals surface area contributed by atoms with E-state index in [1.54, 1.807) is 0 Å². The first-order chi connectivity index (χ1) is 6.40. The molecule has 0 saturated carbocycles. The molecule has 2 N–H and O–H groups in total. The zero-order valence-corrected chi connectivity index (χ0v) is 9.01. The molecule has 0 fully saturated rings. The minimum absolute atomic E-state index is 0.904. The Morgan fingerprint density at radius 2 is 1.71 bits per heavy atom. The van der Waals surface area contributed by atoms with Gasteiger partial charge in [-0.05, 0) is 36.6 Å². The van der Waals surface area contributed by atoms with E-state index in [-0.39, 0.29) is 0 Å². The Labute approximate surface area is 84.3 Å². The van der Waals surface area contributed by atoms with Gasteiger partial charge < -0.3 is 0 Å². The number of nitrogens with two attached hydrogens (primary N) is 1. The minimum Gasteiger partial charge on any atom is -0.225 e. The summed E-state index contributed by atoms with van der Waals surface area (Å²) in [5.74, 6) is 0. The van der Waals surface area contributed by atoms with Crippen molar-refractivity contribution in [2.24, 2.45) is 5.14 Å². The number of sulfonamides is 1. The molecule has 0 aliphatic rings. The SMILES string of the molecule is Cc1cccc(C)c1/C=C/S(N)(=O)=O. The summed E-state index contributed by atoms with van der Waals surface area (Å²) < 4.78 is 21.4. The quantitative estimate of drug-likeness (QED) is 0.807. The van der Waals surface area contributed by atoms with Gasteiger partial charge in [0.25, 0.3) is 0 Å². The van der Waals surface area contributed by atoms with Crippen molar-refractivity contribution in [2.45, 2.75) is 13.8 Å². The maximum atomic E-state index is 10.7. The van der Waals surface area contributed by atoms with Gasteiger partial charge in [-0.2, -0.15) is 0 Å². The van der Waals surface area contributed by atoms with Crippen LogP contribution in [0.3, 0.4) is 0 Å². The lowest BCUT2D eigenvalue weighted by molar-refractivity contribution is 0.606. The third kappa shape index (κ3) is 2.97. The van der Waals surface area contributed by atoms with E-state index in [0.717, 1.165) is 22.1 Å². The average Bonchev–Trinajstić information content (AvgIpc) is 2.01. The fraction of sp³-hybridized carbons (Fsp3) is 0.200. The Morgan fingerprint density at radius 3 is 2.14 bits per heavy atom. The molecule has 76 valence electrons. The maximum absolute atomic E-state index is 10.7. The summed E-state index contributed by atoms with van der Waals surface area (Å²) in [6, 6.07) is 5.78. The second kappa shape index (κ2) is 3.94. The highest BCUT2D eigenvalue weighted by Crippen LogP contribution is 2.14. The predicted molar refractivity (Wildman–Crippen MR) is 58.1 cm³/mol. The predicted octanol–water partition coefficient (Wildman–Crippen LogP) is 1.56. The van der Waals surface area contributed by atoms with Gasteiger partial charge in [-0.15, -0.1) is 0 Å². The van der Waals surface area contributed by atoms with Crippen LogP contribution in [0, 0.1) is 13.8 Å². The monoisotopic (exact) mass is 211 g/mol. The van der Waals surface area contributed by atoms with E-state index in [1.165, 1.54) is 6.08 Å². The van der Waals surface area contributed by atoms with Crippen molar-refractivity contribution in [2.75, 3.05) is 0 Å². The van der Waals surface area contributed by atoms with E-state index in [4.69, 9.17) is 5.14 Å². The molecule has 0 aromatic heterocycles. The van der Waals surface area contributed by atoms with Gasteiger partial charge in [-0.1, -0.05) is 18.2 Å². The van der Waals surface area contributed by atoms with Crippen molar-refractivity contribution in [1.29, 1.82) is 0 Å². The summed E-state index contributed by atoms with van der Waals surface area (Å²) >= 11 is 0. The fourth-order valence-electron chi connectivity index (χ4n) is 1.25. The third-order valence-electron chi connectivity index (χ3n) is 1.97. The summed E-state index contributed by atoms with van der Waals surface area (Å²) in [5.41, 5.74) is 2.97. The molecule has 1 aromatic rings. The molecule has 1 aromatic carbocycles. The zero-order chi connectivity index (χ0) is 10.8. The van der Waals surface area contributed by atoms with Crippen LogP contribution in [0.4, 0.5) is 0 Å². The van der Waals surface area contributed by atoms with Crippen molar-refractivity contribution in [3.63, 3.8) is 0 Å². The molecule has 0 unspecified atom stereocenters. The number of primary sulfonamides is 1. The highest BCUT2D eigenvalue weighted by Gasteiger charge is 1.99. The van der Waals surface area contributed by atoms with Crippen molar-refractivity contribution in [3.05, 3.63) is 40.3 Å². The number of benzene rings is 1. The molecule has 0 spiro atoms. The van der Waals surface area contributed by atoms with Gasteiger partial charge in [-0.25, -0.2) is 13.6 Å². The summed E-state index contributed by atoms with van der Waals surface area (Å²) in [5, 5.41) is 5.89. The number of aryl methyl sites for hydroxylation is 2. The molecule has 0 bridgehead atoms. The Morgan fingerprint density at radius 1 is 1.21 bits per heavy atom. The van der Waals surface area contributed by atoms with Crippen molar-refractivity contribution in [1.82, 2.24) is 0 Å². The van der Waals surface area contributed by atoms with E-state index in [9.17, 15) is 8.42 Å². The molecular formula is C10H13NO2S. The summed E-state index contributed by atoms with van der Waals surface area (Å²) in [6.45, 7) is 3.85. The minimum atomic E-state index is -3.54. The smallest absolute Gasteiger partial charge is 0.225 e. The first kappa shape index (κ1) is 10.9. The second-order valence-corrected chi connectivity index (χ2v) is 4.65. The van der Waals surface area contributed by atoms with E-state index in [0.29, 0.717) is 0 Å². The molecule has 0 heterocycles. The highest BCUT2D eigenvalue weighted by atomic mass is 32.2. The largest absolute Gasteiger partial charge is 0.231 e. The number of hydrogen-bond acceptors (Lipinski definition) is 2. The van der Waals surface area contributed by atoms with Gasteiger partial charge in [0.1, 0.15) is 0 Å². The van der Waals surface area contributed by atoms with Gasteiger partial charge in [-0.3, -0.25) is 0 Å². The van der Waals surface area contributed by atoms with Crippen LogP contribution in [0.1, 0.15) is 16.7 Å². The van der Waals surface area contributed by atoms with E-state index < -0.39 is 10.0 Å². The fourth-order valence-corrected chi connectivity index (χ4v) is 1.58. The first-order valence-electron chi connectivity index (χ1n) is 4.17. The third-order valence-corrected chi connectivity index (χ3v) is 2.48. The van der Waals surface area contributed by atoms with Crippen LogP contribution in [0.25, 0.3) is 6.08 Å². The van der Waals surface area contributed by atoms with Crippen LogP contribution >= 0.6 is 0 Å².